The summed E-state index contributed by atoms with van der Waals surface area (Å²) in [4.78, 5) is 14.9. The Morgan fingerprint density at radius 2 is 1.92 bits per heavy atom. The maximum atomic E-state index is 12.9. The van der Waals surface area contributed by atoms with Crippen LogP contribution in [0.5, 0.6) is 0 Å². The van der Waals surface area contributed by atoms with E-state index in [0.29, 0.717) is 6.54 Å². The lowest BCUT2D eigenvalue weighted by Crippen LogP contribution is -2.41. The zero-order chi connectivity index (χ0) is 17.7. The number of rotatable bonds is 3. The fourth-order valence-corrected chi connectivity index (χ4v) is 3.44. The van der Waals surface area contributed by atoms with Crippen molar-refractivity contribution in [2.45, 2.75) is 59.8 Å². The SMILES string of the molecule is CCn1nc(C2NC(C)(C)C(=O)N2CC(C)(C)C)c2ccccc21. The topological polar surface area (TPSA) is 50.2 Å². The fraction of sp³-hybridized carbons (Fsp3) is 0.579. The molecule has 0 aliphatic carbocycles. The highest BCUT2D eigenvalue weighted by Crippen LogP contribution is 2.35. The third kappa shape index (κ3) is 2.81. The lowest BCUT2D eigenvalue weighted by Gasteiger charge is -2.30. The van der Waals surface area contributed by atoms with Crippen LogP contribution in [-0.2, 0) is 11.3 Å². The molecular formula is C19H28N4O. The molecule has 3 rings (SSSR count). The van der Waals surface area contributed by atoms with Gasteiger partial charge in [0.15, 0.2) is 0 Å². The Hall–Kier alpha value is -1.88. The van der Waals surface area contributed by atoms with E-state index in [-0.39, 0.29) is 17.5 Å². The summed E-state index contributed by atoms with van der Waals surface area (Å²) in [7, 11) is 0. The standard InChI is InChI=1S/C19H28N4O/c1-7-23-14-11-9-8-10-13(14)15(21-23)16-20-19(5,6)17(24)22(16)12-18(2,3)4/h8-11,16,20H,7,12H2,1-6H3. The van der Waals surface area contributed by atoms with Gasteiger partial charge in [-0.3, -0.25) is 14.8 Å². The van der Waals surface area contributed by atoms with Gasteiger partial charge in [-0.1, -0.05) is 39.0 Å². The molecule has 1 saturated heterocycles. The minimum Gasteiger partial charge on any atom is -0.319 e. The maximum absolute atomic E-state index is 12.9. The lowest BCUT2D eigenvalue weighted by molar-refractivity contribution is -0.133. The number of carbonyl (C=O) groups excluding carboxylic acids is 1. The summed E-state index contributed by atoms with van der Waals surface area (Å²) in [6.07, 6.45) is -0.190. The second-order valence-corrected chi connectivity index (χ2v) is 8.38. The number of aromatic nitrogens is 2. The number of aryl methyl sites for hydroxylation is 1. The van der Waals surface area contributed by atoms with Crippen molar-refractivity contribution in [2.24, 2.45) is 5.41 Å². The summed E-state index contributed by atoms with van der Waals surface area (Å²) in [6.45, 7) is 14.0. The van der Waals surface area contributed by atoms with Gasteiger partial charge in [-0.15, -0.1) is 0 Å². The summed E-state index contributed by atoms with van der Waals surface area (Å²) in [6, 6.07) is 8.25. The van der Waals surface area contributed by atoms with Gasteiger partial charge in [-0.25, -0.2) is 0 Å². The summed E-state index contributed by atoms with van der Waals surface area (Å²) in [5.74, 6) is 0.137. The first-order chi connectivity index (χ1) is 11.1. The van der Waals surface area contributed by atoms with Crippen molar-refractivity contribution < 1.29 is 4.79 Å². The van der Waals surface area contributed by atoms with Crippen molar-refractivity contribution in [3.63, 3.8) is 0 Å². The Balaban J connectivity index is 2.11. The Bertz CT molecular complexity index is 769. The summed E-state index contributed by atoms with van der Waals surface area (Å²) in [5.41, 5.74) is 1.51. The number of para-hydroxylation sites is 1. The van der Waals surface area contributed by atoms with Crippen molar-refractivity contribution in [2.75, 3.05) is 6.54 Å². The second-order valence-electron chi connectivity index (χ2n) is 8.38. The van der Waals surface area contributed by atoms with Gasteiger partial charge in [0.2, 0.25) is 5.91 Å². The minimum atomic E-state index is -0.576. The van der Waals surface area contributed by atoms with Gasteiger partial charge >= 0.3 is 0 Å². The smallest absolute Gasteiger partial charge is 0.243 e. The Kier molecular flexibility index (Phi) is 3.95. The molecule has 130 valence electrons. The first-order valence-corrected chi connectivity index (χ1v) is 8.68. The molecule has 0 saturated carbocycles. The zero-order valence-electron chi connectivity index (χ0n) is 15.6. The molecule has 1 aliphatic heterocycles. The molecule has 24 heavy (non-hydrogen) atoms. The number of fused-ring (bicyclic) bond motifs is 1. The Morgan fingerprint density at radius 1 is 1.25 bits per heavy atom. The van der Waals surface area contributed by atoms with Crippen LogP contribution in [-0.4, -0.2) is 32.7 Å². The average Bonchev–Trinajstić information content (AvgIpc) is 2.96. The number of nitrogens with one attached hydrogen (secondary N) is 1. The van der Waals surface area contributed by atoms with Gasteiger partial charge in [-0.2, -0.15) is 5.10 Å². The lowest BCUT2D eigenvalue weighted by atomic mass is 9.95. The highest BCUT2D eigenvalue weighted by Gasteiger charge is 2.47. The molecule has 1 aromatic carbocycles. The van der Waals surface area contributed by atoms with E-state index in [1.165, 1.54) is 0 Å². The molecule has 5 nitrogen and oxygen atoms in total. The molecule has 1 amide bonds. The zero-order valence-corrected chi connectivity index (χ0v) is 15.6. The first kappa shape index (κ1) is 17.0. The van der Waals surface area contributed by atoms with Crippen molar-refractivity contribution in [3.8, 4) is 0 Å². The van der Waals surface area contributed by atoms with Crippen molar-refractivity contribution in [1.29, 1.82) is 0 Å². The fourth-order valence-electron chi connectivity index (χ4n) is 3.44. The van der Waals surface area contributed by atoms with E-state index in [2.05, 4.69) is 45.1 Å². The van der Waals surface area contributed by atoms with Crippen molar-refractivity contribution in [1.82, 2.24) is 20.0 Å². The van der Waals surface area contributed by atoms with E-state index in [1.54, 1.807) is 0 Å². The van der Waals surface area contributed by atoms with Crippen molar-refractivity contribution in [3.05, 3.63) is 30.0 Å². The van der Waals surface area contributed by atoms with E-state index in [0.717, 1.165) is 23.1 Å². The van der Waals surface area contributed by atoms with Gasteiger partial charge in [0.05, 0.1) is 11.1 Å². The van der Waals surface area contributed by atoms with E-state index >= 15 is 0 Å². The Labute approximate surface area is 144 Å². The number of benzene rings is 1. The number of hydrogen-bond donors (Lipinski definition) is 1. The molecule has 0 radical (unpaired) electrons. The van der Waals surface area contributed by atoms with E-state index < -0.39 is 5.54 Å². The number of nitrogens with zero attached hydrogens (tertiary/aromatic N) is 3. The normalized spacial score (nSPS) is 21.0. The van der Waals surface area contributed by atoms with Gasteiger partial charge in [0, 0.05) is 18.5 Å². The molecule has 2 aromatic rings. The molecule has 1 unspecified atom stereocenters. The third-order valence-corrected chi connectivity index (χ3v) is 4.49. The monoisotopic (exact) mass is 328 g/mol. The summed E-state index contributed by atoms with van der Waals surface area (Å²) in [5, 5.41) is 9.44. The van der Waals surface area contributed by atoms with Crippen LogP contribution < -0.4 is 5.32 Å². The minimum absolute atomic E-state index is 0.0269. The van der Waals surface area contributed by atoms with Crippen LogP contribution in [0.3, 0.4) is 0 Å². The van der Waals surface area contributed by atoms with Crippen LogP contribution in [0.4, 0.5) is 0 Å². The molecule has 5 heteroatoms. The van der Waals surface area contributed by atoms with Gasteiger partial charge < -0.3 is 4.90 Å². The van der Waals surface area contributed by atoms with Crippen LogP contribution in [0, 0.1) is 5.41 Å². The molecule has 1 fully saturated rings. The molecule has 2 heterocycles. The number of carbonyl (C=O) groups is 1. The van der Waals surface area contributed by atoms with Crippen LogP contribution in [0.2, 0.25) is 0 Å². The van der Waals surface area contributed by atoms with E-state index in [4.69, 9.17) is 5.10 Å². The molecule has 1 atom stereocenters. The molecule has 1 N–H and O–H groups in total. The van der Waals surface area contributed by atoms with Gasteiger partial charge in [0.25, 0.3) is 0 Å². The highest BCUT2D eigenvalue weighted by atomic mass is 16.2. The van der Waals surface area contributed by atoms with E-state index in [1.807, 2.05) is 35.6 Å². The average molecular weight is 328 g/mol. The number of amides is 1. The summed E-state index contributed by atoms with van der Waals surface area (Å²) < 4.78 is 2.01. The third-order valence-electron chi connectivity index (χ3n) is 4.49. The molecule has 0 spiro atoms. The van der Waals surface area contributed by atoms with Crippen LogP contribution >= 0.6 is 0 Å². The quantitative estimate of drug-likeness (QED) is 0.940. The van der Waals surface area contributed by atoms with Crippen LogP contribution in [0.1, 0.15) is 53.4 Å². The van der Waals surface area contributed by atoms with Crippen LogP contribution in [0.15, 0.2) is 24.3 Å². The molecule has 1 aromatic heterocycles. The number of hydrogen-bond acceptors (Lipinski definition) is 3. The first-order valence-electron chi connectivity index (χ1n) is 8.68. The van der Waals surface area contributed by atoms with Crippen LogP contribution in [0.25, 0.3) is 10.9 Å². The molecule has 0 bridgehead atoms. The predicted molar refractivity (Wildman–Crippen MR) is 96.5 cm³/mol. The Morgan fingerprint density at radius 3 is 2.54 bits per heavy atom. The molecular weight excluding hydrogens is 300 g/mol. The van der Waals surface area contributed by atoms with E-state index in [9.17, 15) is 4.79 Å². The maximum Gasteiger partial charge on any atom is 0.243 e. The van der Waals surface area contributed by atoms with Gasteiger partial charge in [0.1, 0.15) is 11.9 Å². The van der Waals surface area contributed by atoms with Gasteiger partial charge in [-0.05, 0) is 32.3 Å². The largest absolute Gasteiger partial charge is 0.319 e. The second kappa shape index (κ2) is 5.59. The summed E-state index contributed by atoms with van der Waals surface area (Å²) >= 11 is 0. The predicted octanol–water partition coefficient (Wildman–Crippen LogP) is 3.31. The van der Waals surface area contributed by atoms with Crippen molar-refractivity contribution >= 4 is 16.8 Å². The molecule has 1 aliphatic rings. The highest BCUT2D eigenvalue weighted by molar-refractivity contribution is 5.90.